The molecule has 1 heteroatoms. The zero-order chi connectivity index (χ0) is 6.97. The Kier molecular flexibility index (Phi) is 1.10. The van der Waals surface area contributed by atoms with E-state index in [1.807, 2.05) is 6.08 Å². The average Bonchev–Trinajstić information content (AvgIpc) is 2.63. The second kappa shape index (κ2) is 1.94. The minimum atomic E-state index is 0.769. The Bertz CT molecular complexity index is 256. The van der Waals surface area contributed by atoms with Crippen LogP contribution >= 0.6 is 0 Å². The molecule has 0 saturated heterocycles. The van der Waals surface area contributed by atoms with Gasteiger partial charge in [-0.2, -0.15) is 0 Å². The Hall–Kier alpha value is -1.11. The van der Waals surface area contributed by atoms with Gasteiger partial charge in [-0.1, -0.05) is 23.8 Å². The van der Waals surface area contributed by atoms with E-state index in [1.165, 1.54) is 18.2 Å². The molecule has 0 aromatic rings. The number of fused-ring (bicyclic) bond motifs is 1. The number of nitrogens with one attached hydrogen (secondary N) is 1. The molecule has 0 spiro atoms. The molecule has 10 heavy (non-hydrogen) atoms. The summed E-state index contributed by atoms with van der Waals surface area (Å²) in [4.78, 5) is 0. The van der Waals surface area contributed by atoms with Gasteiger partial charge in [0, 0.05) is 12.1 Å². The van der Waals surface area contributed by atoms with Gasteiger partial charge in [-0.05, 0) is 18.1 Å². The van der Waals surface area contributed by atoms with Gasteiger partial charge < -0.3 is 5.41 Å². The summed E-state index contributed by atoms with van der Waals surface area (Å²) in [6.07, 6.45) is 10.7. The third-order valence-corrected chi connectivity index (χ3v) is 1.98. The Morgan fingerprint density at radius 3 is 3.00 bits per heavy atom. The van der Waals surface area contributed by atoms with E-state index in [-0.39, 0.29) is 0 Å². The maximum absolute atomic E-state index is 6.79. The molecule has 1 nitrogen and oxygen atoms in total. The van der Waals surface area contributed by atoms with Crippen molar-refractivity contribution in [3.8, 4) is 0 Å². The van der Waals surface area contributed by atoms with Crippen LogP contribution in [0.2, 0.25) is 0 Å². The molecule has 2 rings (SSSR count). The fourth-order valence-electron chi connectivity index (χ4n) is 1.34. The van der Waals surface area contributed by atoms with Crippen LogP contribution in [-0.2, 0) is 0 Å². The fraction of sp³-hybridized carbons (Fsp3) is 0.222. The largest absolute Gasteiger partial charge is 0.309 e. The van der Waals surface area contributed by atoms with Crippen LogP contribution < -0.4 is 0 Å². The molecule has 1 atom stereocenters. The maximum atomic E-state index is 6.79. The van der Waals surface area contributed by atoms with Crippen molar-refractivity contribution in [3.05, 3.63) is 35.5 Å². The van der Waals surface area contributed by atoms with Crippen molar-refractivity contribution >= 4 is 6.21 Å². The van der Waals surface area contributed by atoms with Crippen LogP contribution in [0.25, 0.3) is 0 Å². The van der Waals surface area contributed by atoms with Crippen molar-refractivity contribution in [2.24, 2.45) is 5.92 Å². The Labute approximate surface area is 60.3 Å². The standard InChI is InChI=1S/C9H9N/c10-5-1-2-7-3-4-8-6-9(7)8/h1-5,8,10H,6H2/b2-1-,10-5?. The minimum Gasteiger partial charge on any atom is -0.309 e. The molecule has 0 radical (unpaired) electrons. The molecule has 1 unspecified atom stereocenters. The summed E-state index contributed by atoms with van der Waals surface area (Å²) in [5.74, 6) is 0.769. The summed E-state index contributed by atoms with van der Waals surface area (Å²) in [5.41, 5.74) is 2.88. The molecule has 1 fully saturated rings. The van der Waals surface area contributed by atoms with Crippen LogP contribution in [0.4, 0.5) is 0 Å². The van der Waals surface area contributed by atoms with E-state index in [2.05, 4.69) is 12.2 Å². The zero-order valence-corrected chi connectivity index (χ0v) is 5.67. The van der Waals surface area contributed by atoms with E-state index >= 15 is 0 Å². The minimum absolute atomic E-state index is 0.769. The highest BCUT2D eigenvalue weighted by Crippen LogP contribution is 2.46. The molecule has 0 aromatic heterocycles. The number of allylic oxidation sites excluding steroid dienone is 6. The third kappa shape index (κ3) is 0.747. The van der Waals surface area contributed by atoms with E-state index in [1.54, 1.807) is 11.6 Å². The van der Waals surface area contributed by atoms with Gasteiger partial charge in [0.15, 0.2) is 0 Å². The Morgan fingerprint density at radius 1 is 1.60 bits per heavy atom. The lowest BCUT2D eigenvalue weighted by atomic mass is 10.2. The molecule has 2 aliphatic rings. The van der Waals surface area contributed by atoms with E-state index < -0.39 is 0 Å². The van der Waals surface area contributed by atoms with Gasteiger partial charge in [0.1, 0.15) is 0 Å². The van der Waals surface area contributed by atoms with Crippen LogP contribution in [0.15, 0.2) is 35.5 Å². The molecule has 0 heterocycles. The zero-order valence-electron chi connectivity index (χ0n) is 5.67. The summed E-state index contributed by atoms with van der Waals surface area (Å²) in [6, 6.07) is 0. The van der Waals surface area contributed by atoms with Gasteiger partial charge in [-0.15, -0.1) is 0 Å². The van der Waals surface area contributed by atoms with Gasteiger partial charge >= 0.3 is 0 Å². The normalized spacial score (nSPS) is 27.8. The highest BCUT2D eigenvalue weighted by atomic mass is 14.4. The smallest absolute Gasteiger partial charge is 0.0177 e. The van der Waals surface area contributed by atoms with E-state index in [0.29, 0.717) is 0 Å². The van der Waals surface area contributed by atoms with Crippen molar-refractivity contribution in [1.82, 2.24) is 0 Å². The van der Waals surface area contributed by atoms with Crippen molar-refractivity contribution in [2.45, 2.75) is 6.42 Å². The lowest BCUT2D eigenvalue weighted by Gasteiger charge is -1.84. The maximum Gasteiger partial charge on any atom is 0.0177 e. The highest BCUT2D eigenvalue weighted by molar-refractivity contribution is 5.70. The summed E-state index contributed by atoms with van der Waals surface area (Å²) in [7, 11) is 0. The van der Waals surface area contributed by atoms with E-state index in [4.69, 9.17) is 5.41 Å². The molecule has 0 aromatic carbocycles. The second-order valence-electron chi connectivity index (χ2n) is 2.68. The van der Waals surface area contributed by atoms with Crippen molar-refractivity contribution < 1.29 is 0 Å². The fourth-order valence-corrected chi connectivity index (χ4v) is 1.34. The number of hydrogen-bond donors (Lipinski definition) is 1. The first-order valence-corrected chi connectivity index (χ1v) is 3.50. The molecular formula is C9H9N. The third-order valence-electron chi connectivity index (χ3n) is 1.98. The summed E-state index contributed by atoms with van der Waals surface area (Å²) >= 11 is 0. The van der Waals surface area contributed by atoms with Gasteiger partial charge in [-0.25, -0.2) is 0 Å². The molecular weight excluding hydrogens is 122 g/mol. The molecule has 0 amide bonds. The Morgan fingerprint density at radius 2 is 2.50 bits per heavy atom. The van der Waals surface area contributed by atoms with E-state index in [9.17, 15) is 0 Å². The van der Waals surface area contributed by atoms with Gasteiger partial charge in [-0.3, -0.25) is 0 Å². The first kappa shape index (κ1) is 5.66. The SMILES string of the molecule is N=C/C=C\C1=C2CC2C=C1. The molecule has 2 aliphatic carbocycles. The lowest BCUT2D eigenvalue weighted by molar-refractivity contribution is 1.17. The van der Waals surface area contributed by atoms with Crippen LogP contribution in [-0.4, -0.2) is 6.21 Å². The van der Waals surface area contributed by atoms with Crippen LogP contribution in [0, 0.1) is 11.3 Å². The first-order valence-electron chi connectivity index (χ1n) is 3.50. The van der Waals surface area contributed by atoms with Crippen LogP contribution in [0.3, 0.4) is 0 Å². The average molecular weight is 131 g/mol. The highest BCUT2D eigenvalue weighted by Gasteiger charge is 2.32. The van der Waals surface area contributed by atoms with Gasteiger partial charge in [0.2, 0.25) is 0 Å². The summed E-state index contributed by atoms with van der Waals surface area (Å²) in [5, 5.41) is 6.79. The predicted molar refractivity (Wildman–Crippen MR) is 42.2 cm³/mol. The first-order chi connectivity index (χ1) is 4.92. The number of rotatable bonds is 2. The predicted octanol–water partition coefficient (Wildman–Crippen LogP) is 2.08. The lowest BCUT2D eigenvalue weighted by Crippen LogP contribution is -1.67. The molecule has 1 N–H and O–H groups in total. The molecule has 0 bridgehead atoms. The molecule has 50 valence electrons. The quantitative estimate of drug-likeness (QED) is 0.555. The topological polar surface area (TPSA) is 23.9 Å². The molecule has 0 aliphatic heterocycles. The van der Waals surface area contributed by atoms with Crippen LogP contribution in [0.5, 0.6) is 0 Å². The number of hydrogen-bond acceptors (Lipinski definition) is 1. The van der Waals surface area contributed by atoms with E-state index in [0.717, 1.165) is 5.92 Å². The van der Waals surface area contributed by atoms with Gasteiger partial charge in [0.25, 0.3) is 0 Å². The van der Waals surface area contributed by atoms with Crippen molar-refractivity contribution in [3.63, 3.8) is 0 Å². The second-order valence-corrected chi connectivity index (χ2v) is 2.68. The summed E-state index contributed by atoms with van der Waals surface area (Å²) < 4.78 is 0. The van der Waals surface area contributed by atoms with Crippen molar-refractivity contribution in [2.75, 3.05) is 0 Å². The van der Waals surface area contributed by atoms with Crippen LogP contribution in [0.1, 0.15) is 6.42 Å². The van der Waals surface area contributed by atoms with Gasteiger partial charge in [0.05, 0.1) is 0 Å². The monoisotopic (exact) mass is 131 g/mol. The summed E-state index contributed by atoms with van der Waals surface area (Å²) in [6.45, 7) is 0. The van der Waals surface area contributed by atoms with Crippen molar-refractivity contribution in [1.29, 1.82) is 5.41 Å². The molecule has 1 saturated carbocycles. The Balaban J connectivity index is 2.19.